The maximum atomic E-state index is 12.7. The van der Waals surface area contributed by atoms with Crippen LogP contribution < -0.4 is 15.4 Å². The molecule has 0 heterocycles. The zero-order chi connectivity index (χ0) is 22.9. The zero-order valence-corrected chi connectivity index (χ0v) is 20.0. The molecule has 0 aromatic heterocycles. The van der Waals surface area contributed by atoms with Crippen molar-refractivity contribution in [2.45, 2.75) is 64.2 Å². The quantitative estimate of drug-likeness (QED) is 0.331. The third-order valence-electron chi connectivity index (χ3n) is 4.81. The molecule has 0 radical (unpaired) electrons. The number of anilines is 2. The average Bonchev–Trinajstić information content (AvgIpc) is 2.70. The van der Waals surface area contributed by atoms with Gasteiger partial charge in [0.2, 0.25) is 5.91 Å². The van der Waals surface area contributed by atoms with Crippen molar-refractivity contribution in [2.75, 3.05) is 10.0 Å². The van der Waals surface area contributed by atoms with E-state index >= 15 is 0 Å². The van der Waals surface area contributed by atoms with Crippen molar-refractivity contribution in [3.63, 3.8) is 0 Å². The van der Waals surface area contributed by atoms with E-state index in [-0.39, 0.29) is 15.9 Å². The molecular weight excluding hydrogens is 430 g/mol. The number of unbranched alkanes of at least 4 members (excludes halogenated alkanes) is 4. The minimum absolute atomic E-state index is 0.120. The molecule has 0 aliphatic carbocycles. The minimum atomic E-state index is -3.71. The summed E-state index contributed by atoms with van der Waals surface area (Å²) in [5, 5.41) is 5.77. The second kappa shape index (κ2) is 11.8. The molecule has 0 aliphatic rings. The van der Waals surface area contributed by atoms with Crippen LogP contribution in [-0.2, 0) is 14.8 Å². The molecule has 3 N–H and O–H groups in total. The number of hydrogen-bond acceptors (Lipinski definition) is 4. The minimum Gasteiger partial charge on any atom is -0.332 e. The van der Waals surface area contributed by atoms with Crippen molar-refractivity contribution in [1.29, 1.82) is 0 Å². The molecule has 2 aromatic rings. The van der Waals surface area contributed by atoms with E-state index in [4.69, 9.17) is 12.2 Å². The normalized spacial score (nSPS) is 11.1. The Morgan fingerprint density at radius 1 is 0.968 bits per heavy atom. The Hall–Kier alpha value is -2.45. The van der Waals surface area contributed by atoms with Crippen molar-refractivity contribution in [3.8, 4) is 0 Å². The van der Waals surface area contributed by atoms with Gasteiger partial charge in [0.05, 0.1) is 10.6 Å². The number of amides is 1. The third kappa shape index (κ3) is 8.30. The van der Waals surface area contributed by atoms with Crippen LogP contribution >= 0.6 is 12.2 Å². The molecule has 31 heavy (non-hydrogen) atoms. The van der Waals surface area contributed by atoms with Crippen LogP contribution in [0.3, 0.4) is 0 Å². The standard InChI is InChI=1S/C23H31N3O3S2/c1-4-5-6-7-8-9-22(27)25-23(30)24-19-11-13-20(14-12-19)31(28,29)26-21-15-10-17(2)16-18(21)3/h10-16,26H,4-9H2,1-3H3,(H2,24,25,27,30). The van der Waals surface area contributed by atoms with E-state index in [1.165, 1.54) is 25.0 Å². The summed E-state index contributed by atoms with van der Waals surface area (Å²) < 4.78 is 28.0. The molecule has 2 aromatic carbocycles. The Bertz CT molecular complexity index is 1000. The SMILES string of the molecule is CCCCCCCC(=O)NC(=S)Nc1ccc(S(=O)(=O)Nc2ccc(C)cc2C)cc1. The lowest BCUT2D eigenvalue weighted by Crippen LogP contribution is -2.33. The monoisotopic (exact) mass is 461 g/mol. The first-order chi connectivity index (χ1) is 14.7. The molecule has 0 fully saturated rings. The molecule has 0 saturated carbocycles. The third-order valence-corrected chi connectivity index (χ3v) is 6.39. The molecule has 0 unspecified atom stereocenters. The van der Waals surface area contributed by atoms with E-state index in [9.17, 15) is 13.2 Å². The smallest absolute Gasteiger partial charge is 0.261 e. The van der Waals surface area contributed by atoms with Crippen LogP contribution in [0.15, 0.2) is 47.4 Å². The maximum absolute atomic E-state index is 12.7. The van der Waals surface area contributed by atoms with Gasteiger partial charge in [0, 0.05) is 12.1 Å². The summed E-state index contributed by atoms with van der Waals surface area (Å²) in [6.07, 6.45) is 5.81. The van der Waals surface area contributed by atoms with Crippen LogP contribution in [-0.4, -0.2) is 19.4 Å². The first-order valence-corrected chi connectivity index (χ1v) is 12.4. The van der Waals surface area contributed by atoms with Gasteiger partial charge in [0.1, 0.15) is 0 Å². The lowest BCUT2D eigenvalue weighted by molar-refractivity contribution is -0.119. The number of carbonyl (C=O) groups is 1. The maximum Gasteiger partial charge on any atom is 0.261 e. The van der Waals surface area contributed by atoms with Gasteiger partial charge in [0.25, 0.3) is 10.0 Å². The summed E-state index contributed by atoms with van der Waals surface area (Å²) >= 11 is 5.18. The van der Waals surface area contributed by atoms with Crippen LogP contribution in [0, 0.1) is 13.8 Å². The van der Waals surface area contributed by atoms with Crippen LogP contribution in [0.5, 0.6) is 0 Å². The molecule has 0 atom stereocenters. The Kier molecular flexibility index (Phi) is 9.45. The van der Waals surface area contributed by atoms with Gasteiger partial charge >= 0.3 is 0 Å². The molecule has 0 bridgehead atoms. The van der Waals surface area contributed by atoms with Gasteiger partial charge in [-0.1, -0.05) is 50.3 Å². The van der Waals surface area contributed by atoms with Crippen LogP contribution in [0.2, 0.25) is 0 Å². The van der Waals surface area contributed by atoms with Crippen LogP contribution in [0.1, 0.15) is 56.6 Å². The number of thiocarbonyl (C=S) groups is 1. The van der Waals surface area contributed by atoms with E-state index in [0.717, 1.165) is 30.4 Å². The average molecular weight is 462 g/mol. The molecule has 168 valence electrons. The van der Waals surface area contributed by atoms with E-state index in [1.54, 1.807) is 18.2 Å². The van der Waals surface area contributed by atoms with Crippen molar-refractivity contribution < 1.29 is 13.2 Å². The molecule has 0 aliphatic heterocycles. The lowest BCUT2D eigenvalue weighted by atomic mass is 10.1. The van der Waals surface area contributed by atoms with Crippen molar-refractivity contribution in [1.82, 2.24) is 5.32 Å². The van der Waals surface area contributed by atoms with Gasteiger partial charge in [-0.3, -0.25) is 9.52 Å². The lowest BCUT2D eigenvalue weighted by Gasteiger charge is -2.13. The first kappa shape index (κ1) is 24.8. The van der Waals surface area contributed by atoms with Crippen molar-refractivity contribution in [3.05, 3.63) is 53.6 Å². The Morgan fingerprint density at radius 3 is 2.29 bits per heavy atom. The van der Waals surface area contributed by atoms with Crippen molar-refractivity contribution in [2.24, 2.45) is 0 Å². The highest BCUT2D eigenvalue weighted by Gasteiger charge is 2.15. The number of carbonyl (C=O) groups excluding carboxylic acids is 1. The summed E-state index contributed by atoms with van der Waals surface area (Å²) in [4.78, 5) is 12.1. The van der Waals surface area contributed by atoms with E-state index in [0.29, 0.717) is 17.8 Å². The zero-order valence-electron chi connectivity index (χ0n) is 18.3. The summed E-state index contributed by atoms with van der Waals surface area (Å²) in [5.74, 6) is -0.120. The van der Waals surface area contributed by atoms with Crippen molar-refractivity contribution >= 4 is 44.6 Å². The molecule has 8 heteroatoms. The van der Waals surface area contributed by atoms with Crippen LogP contribution in [0.4, 0.5) is 11.4 Å². The Labute approximate surface area is 190 Å². The van der Waals surface area contributed by atoms with Gasteiger partial charge in [-0.15, -0.1) is 0 Å². The van der Waals surface area contributed by atoms with E-state index in [1.807, 2.05) is 26.0 Å². The Morgan fingerprint density at radius 2 is 1.65 bits per heavy atom. The van der Waals surface area contributed by atoms with Gasteiger partial charge in [-0.25, -0.2) is 8.42 Å². The highest BCUT2D eigenvalue weighted by atomic mass is 32.2. The van der Waals surface area contributed by atoms with Gasteiger partial charge < -0.3 is 10.6 Å². The number of nitrogens with one attached hydrogen (secondary N) is 3. The largest absolute Gasteiger partial charge is 0.332 e. The topological polar surface area (TPSA) is 87.3 Å². The summed E-state index contributed by atoms with van der Waals surface area (Å²) in [5.41, 5.74) is 3.06. The fourth-order valence-electron chi connectivity index (χ4n) is 3.09. The number of rotatable bonds is 10. The fraction of sp³-hybridized carbons (Fsp3) is 0.391. The van der Waals surface area contributed by atoms with Crippen LogP contribution in [0.25, 0.3) is 0 Å². The summed E-state index contributed by atoms with van der Waals surface area (Å²) in [7, 11) is -3.71. The molecule has 0 saturated heterocycles. The summed E-state index contributed by atoms with van der Waals surface area (Å²) in [6, 6.07) is 11.7. The number of benzene rings is 2. The van der Waals surface area contributed by atoms with E-state index < -0.39 is 10.0 Å². The highest BCUT2D eigenvalue weighted by Crippen LogP contribution is 2.21. The number of aryl methyl sites for hydroxylation is 2. The molecular formula is C23H31N3O3S2. The summed E-state index contributed by atoms with van der Waals surface area (Å²) in [6.45, 7) is 5.97. The van der Waals surface area contributed by atoms with Gasteiger partial charge in [-0.05, 0) is 68.4 Å². The molecule has 6 nitrogen and oxygen atoms in total. The Balaban J connectivity index is 1.89. The highest BCUT2D eigenvalue weighted by molar-refractivity contribution is 7.92. The predicted molar refractivity (Wildman–Crippen MR) is 131 cm³/mol. The van der Waals surface area contributed by atoms with E-state index in [2.05, 4.69) is 22.3 Å². The molecule has 1 amide bonds. The van der Waals surface area contributed by atoms with Gasteiger partial charge in [-0.2, -0.15) is 0 Å². The molecule has 0 spiro atoms. The fourth-order valence-corrected chi connectivity index (χ4v) is 4.45. The first-order valence-electron chi connectivity index (χ1n) is 10.5. The van der Waals surface area contributed by atoms with Gasteiger partial charge in [0.15, 0.2) is 5.11 Å². The predicted octanol–water partition coefficient (Wildman–Crippen LogP) is 5.28. The number of hydrogen-bond donors (Lipinski definition) is 3. The molecule has 2 rings (SSSR count). The number of sulfonamides is 1. The second-order valence-electron chi connectivity index (χ2n) is 7.61. The second-order valence-corrected chi connectivity index (χ2v) is 9.71.